The second-order valence-corrected chi connectivity index (χ2v) is 5.36. The first-order valence-electron chi connectivity index (χ1n) is 7.04. The second-order valence-electron chi connectivity index (χ2n) is 5.36. The third-order valence-electron chi connectivity index (χ3n) is 3.89. The van der Waals surface area contributed by atoms with E-state index in [9.17, 15) is 4.79 Å². The van der Waals surface area contributed by atoms with Crippen molar-refractivity contribution in [1.82, 2.24) is 15.2 Å². The average molecular weight is 287 g/mol. The molecule has 2 aromatic rings. The quantitative estimate of drug-likeness (QED) is 0.851. The first kappa shape index (κ1) is 13.6. The van der Waals surface area contributed by atoms with Gasteiger partial charge < -0.3 is 9.84 Å². The van der Waals surface area contributed by atoms with E-state index in [1.54, 1.807) is 12.4 Å². The Hall–Kier alpha value is -2.37. The highest BCUT2D eigenvalue weighted by molar-refractivity contribution is 5.71. The summed E-state index contributed by atoms with van der Waals surface area (Å²) in [4.78, 5) is 15.0. The van der Waals surface area contributed by atoms with Gasteiger partial charge in [-0.05, 0) is 43.4 Å². The van der Waals surface area contributed by atoms with E-state index in [0.717, 1.165) is 36.4 Å². The smallest absolute Gasteiger partial charge is 0.306 e. The van der Waals surface area contributed by atoms with Crippen molar-refractivity contribution in [2.75, 3.05) is 6.61 Å². The van der Waals surface area contributed by atoms with Gasteiger partial charge in [-0.1, -0.05) is 0 Å². The lowest BCUT2D eigenvalue weighted by atomic mass is 9.73. The van der Waals surface area contributed by atoms with Crippen LogP contribution in [-0.2, 0) is 4.79 Å². The molecule has 2 aromatic heterocycles. The van der Waals surface area contributed by atoms with Crippen molar-refractivity contribution >= 4 is 5.97 Å². The molecule has 6 nitrogen and oxygen atoms in total. The number of H-pyrrole nitrogens is 1. The predicted molar refractivity (Wildman–Crippen MR) is 75.8 cm³/mol. The molecule has 6 heteroatoms. The molecule has 1 saturated carbocycles. The number of nitrogens with one attached hydrogen (secondary N) is 1. The van der Waals surface area contributed by atoms with Gasteiger partial charge in [0.25, 0.3) is 0 Å². The Labute approximate surface area is 122 Å². The van der Waals surface area contributed by atoms with Crippen LogP contribution in [0.5, 0.6) is 5.75 Å². The van der Waals surface area contributed by atoms with Crippen LogP contribution in [0.25, 0.3) is 11.4 Å². The number of pyridine rings is 1. The summed E-state index contributed by atoms with van der Waals surface area (Å²) in [5, 5.41) is 15.6. The molecule has 0 bridgehead atoms. The highest BCUT2D eigenvalue weighted by Crippen LogP contribution is 2.36. The Kier molecular flexibility index (Phi) is 3.85. The molecule has 0 amide bonds. The molecular formula is C15H17N3O3. The molecule has 0 radical (unpaired) electrons. The number of carbonyl (C=O) groups is 1. The number of aromatic nitrogens is 3. The number of hydrogen-bond donors (Lipinski definition) is 2. The Morgan fingerprint density at radius 3 is 2.86 bits per heavy atom. The van der Waals surface area contributed by atoms with E-state index in [1.807, 2.05) is 18.2 Å². The number of aliphatic carboxylic acids is 1. The molecule has 110 valence electrons. The standard InChI is InChI=1S/C15H17N3O3/c19-15(20)11-7-10(8-11)4-6-21-12-1-2-13(16-9-12)14-3-5-17-18-14/h1-3,5,9-11H,4,6-8H2,(H,17,18)(H,19,20). The SMILES string of the molecule is O=C(O)C1CC(CCOc2ccc(-c3ccn[nH]3)nc2)C1. The molecular weight excluding hydrogens is 270 g/mol. The maximum atomic E-state index is 10.7. The van der Waals surface area contributed by atoms with Crippen molar-refractivity contribution in [3.05, 3.63) is 30.6 Å². The number of carboxylic acids is 1. The molecule has 1 aliphatic rings. The molecule has 1 fully saturated rings. The van der Waals surface area contributed by atoms with Gasteiger partial charge in [0.05, 0.1) is 30.1 Å². The van der Waals surface area contributed by atoms with E-state index in [0.29, 0.717) is 12.5 Å². The third kappa shape index (κ3) is 3.21. The third-order valence-corrected chi connectivity index (χ3v) is 3.89. The topological polar surface area (TPSA) is 88.1 Å². The minimum Gasteiger partial charge on any atom is -0.492 e. The number of ether oxygens (including phenoxy) is 1. The van der Waals surface area contributed by atoms with Crippen LogP contribution in [0.15, 0.2) is 30.6 Å². The van der Waals surface area contributed by atoms with Gasteiger partial charge in [0.15, 0.2) is 0 Å². The zero-order chi connectivity index (χ0) is 14.7. The first-order valence-corrected chi connectivity index (χ1v) is 7.04. The molecule has 0 aliphatic heterocycles. The maximum absolute atomic E-state index is 10.7. The number of nitrogens with zero attached hydrogens (tertiary/aromatic N) is 2. The minimum absolute atomic E-state index is 0.148. The van der Waals surface area contributed by atoms with E-state index in [2.05, 4.69) is 15.2 Å². The number of aromatic amines is 1. The van der Waals surface area contributed by atoms with E-state index in [4.69, 9.17) is 9.84 Å². The van der Waals surface area contributed by atoms with Gasteiger partial charge in [0, 0.05) is 6.20 Å². The second kappa shape index (κ2) is 5.95. The number of hydrogen-bond acceptors (Lipinski definition) is 4. The minimum atomic E-state index is -0.675. The fourth-order valence-electron chi connectivity index (χ4n) is 2.54. The zero-order valence-electron chi connectivity index (χ0n) is 11.5. The van der Waals surface area contributed by atoms with E-state index >= 15 is 0 Å². The van der Waals surface area contributed by atoms with Crippen molar-refractivity contribution in [2.45, 2.75) is 19.3 Å². The van der Waals surface area contributed by atoms with Crippen molar-refractivity contribution in [3.63, 3.8) is 0 Å². The molecule has 21 heavy (non-hydrogen) atoms. The molecule has 1 aliphatic carbocycles. The lowest BCUT2D eigenvalue weighted by Crippen LogP contribution is -2.31. The van der Waals surface area contributed by atoms with Crippen molar-refractivity contribution in [2.24, 2.45) is 11.8 Å². The highest BCUT2D eigenvalue weighted by Gasteiger charge is 2.33. The monoisotopic (exact) mass is 287 g/mol. The Bertz CT molecular complexity index is 589. The fourth-order valence-corrected chi connectivity index (χ4v) is 2.54. The van der Waals surface area contributed by atoms with Crippen LogP contribution in [0.4, 0.5) is 0 Å². The lowest BCUT2D eigenvalue weighted by molar-refractivity contribution is -0.146. The van der Waals surface area contributed by atoms with Crippen LogP contribution in [0.2, 0.25) is 0 Å². The zero-order valence-corrected chi connectivity index (χ0v) is 11.5. The summed E-state index contributed by atoms with van der Waals surface area (Å²) in [6, 6.07) is 5.62. The normalized spacial score (nSPS) is 20.8. The summed E-state index contributed by atoms with van der Waals surface area (Å²) in [5.41, 5.74) is 1.69. The highest BCUT2D eigenvalue weighted by atomic mass is 16.5. The Morgan fingerprint density at radius 1 is 1.38 bits per heavy atom. The molecule has 2 N–H and O–H groups in total. The van der Waals surface area contributed by atoms with Crippen LogP contribution in [0.3, 0.4) is 0 Å². The van der Waals surface area contributed by atoms with Gasteiger partial charge in [-0.2, -0.15) is 5.10 Å². The van der Waals surface area contributed by atoms with Crippen molar-refractivity contribution in [3.8, 4) is 17.1 Å². The van der Waals surface area contributed by atoms with Crippen molar-refractivity contribution in [1.29, 1.82) is 0 Å². The number of rotatable bonds is 6. The van der Waals surface area contributed by atoms with Gasteiger partial charge >= 0.3 is 5.97 Å². The number of carboxylic acid groups (broad SMARTS) is 1. The summed E-state index contributed by atoms with van der Waals surface area (Å²) < 4.78 is 5.64. The van der Waals surface area contributed by atoms with Gasteiger partial charge in [0.2, 0.25) is 0 Å². The summed E-state index contributed by atoms with van der Waals surface area (Å²) >= 11 is 0. The Balaban J connectivity index is 1.43. The average Bonchev–Trinajstić information content (AvgIpc) is 2.95. The molecule has 0 spiro atoms. The van der Waals surface area contributed by atoms with Gasteiger partial charge in [-0.15, -0.1) is 0 Å². The van der Waals surface area contributed by atoms with Gasteiger partial charge in [0.1, 0.15) is 5.75 Å². The summed E-state index contributed by atoms with van der Waals surface area (Å²) in [6.07, 6.45) is 5.82. The van der Waals surface area contributed by atoms with Crippen LogP contribution in [0, 0.1) is 11.8 Å². The Morgan fingerprint density at radius 2 is 2.24 bits per heavy atom. The van der Waals surface area contributed by atoms with Crippen LogP contribution < -0.4 is 4.74 Å². The van der Waals surface area contributed by atoms with E-state index < -0.39 is 5.97 Å². The van der Waals surface area contributed by atoms with Crippen LogP contribution in [-0.4, -0.2) is 32.9 Å². The molecule has 0 saturated heterocycles. The molecule has 0 atom stereocenters. The molecule has 0 unspecified atom stereocenters. The predicted octanol–water partition coefficient (Wildman–Crippen LogP) is 2.35. The maximum Gasteiger partial charge on any atom is 0.306 e. The van der Waals surface area contributed by atoms with Gasteiger partial charge in [-0.25, -0.2) is 0 Å². The first-order chi connectivity index (χ1) is 10.2. The molecule has 0 aromatic carbocycles. The van der Waals surface area contributed by atoms with Crippen molar-refractivity contribution < 1.29 is 14.6 Å². The molecule has 3 rings (SSSR count). The lowest BCUT2D eigenvalue weighted by Gasteiger charge is -2.32. The van der Waals surface area contributed by atoms with Crippen LogP contribution in [0.1, 0.15) is 19.3 Å². The van der Waals surface area contributed by atoms with E-state index in [-0.39, 0.29) is 5.92 Å². The van der Waals surface area contributed by atoms with Gasteiger partial charge in [-0.3, -0.25) is 14.9 Å². The summed E-state index contributed by atoms with van der Waals surface area (Å²) in [6.45, 7) is 0.599. The van der Waals surface area contributed by atoms with Crippen LogP contribution >= 0.6 is 0 Å². The molecule has 2 heterocycles. The summed E-state index contributed by atoms with van der Waals surface area (Å²) in [7, 11) is 0. The summed E-state index contributed by atoms with van der Waals surface area (Å²) in [5.74, 6) is 0.381. The largest absolute Gasteiger partial charge is 0.492 e. The fraction of sp³-hybridized carbons (Fsp3) is 0.400. The van der Waals surface area contributed by atoms with E-state index in [1.165, 1.54) is 0 Å².